The maximum Gasteiger partial charge on any atom is 0.391 e. The lowest BCUT2D eigenvalue weighted by Gasteiger charge is -2.25. The zero-order valence-electron chi connectivity index (χ0n) is 6.51. The van der Waals surface area contributed by atoms with Crippen LogP contribution in [0.4, 0.5) is 0 Å². The summed E-state index contributed by atoms with van der Waals surface area (Å²) in [5.74, 6) is 0.0100. The molecular weight excluding hydrogens is 164 g/mol. The lowest BCUT2D eigenvalue weighted by atomic mass is 10.4. The Labute approximate surface area is 68.9 Å². The molecule has 1 aliphatic rings. The zero-order valence-corrected chi connectivity index (χ0v) is 6.51. The number of rotatable bonds is 1. The van der Waals surface area contributed by atoms with Crippen molar-refractivity contribution in [2.75, 3.05) is 26.3 Å². The molecule has 12 heavy (non-hydrogen) atoms. The van der Waals surface area contributed by atoms with Crippen molar-refractivity contribution in [3.05, 3.63) is 4.91 Å². The van der Waals surface area contributed by atoms with Gasteiger partial charge < -0.3 is 15.4 Å². The molecule has 0 saturated carbocycles. The maximum absolute atomic E-state index is 10.0. The fourth-order valence-corrected chi connectivity index (χ4v) is 0.943. The fraction of sp³-hybridized carbons (Fsp3) is 0.800. The van der Waals surface area contributed by atoms with Crippen LogP contribution in [0.15, 0.2) is 5.10 Å². The van der Waals surface area contributed by atoms with Crippen LogP contribution in [-0.2, 0) is 4.74 Å². The largest absolute Gasteiger partial charge is 0.391 e. The number of nitrogens with two attached hydrogens (primary N) is 1. The Morgan fingerprint density at radius 2 is 2.17 bits per heavy atom. The molecule has 7 heteroatoms. The van der Waals surface area contributed by atoms with Crippen LogP contribution < -0.4 is 5.73 Å². The quantitative estimate of drug-likeness (QED) is 0.294. The molecule has 1 aliphatic heterocycles. The molecule has 7 nitrogen and oxygen atoms in total. The van der Waals surface area contributed by atoms with Crippen LogP contribution in [0.5, 0.6) is 0 Å². The zero-order chi connectivity index (χ0) is 8.97. The van der Waals surface area contributed by atoms with Crippen LogP contribution in [0.3, 0.4) is 0 Å². The van der Waals surface area contributed by atoms with E-state index in [2.05, 4.69) is 5.10 Å². The molecule has 0 unspecified atom stereocenters. The van der Waals surface area contributed by atoms with E-state index in [0.29, 0.717) is 26.3 Å². The van der Waals surface area contributed by atoms with E-state index in [-0.39, 0.29) is 5.96 Å². The highest BCUT2D eigenvalue weighted by molar-refractivity contribution is 5.77. The summed E-state index contributed by atoms with van der Waals surface area (Å²) in [6.45, 7) is 2.29. The van der Waals surface area contributed by atoms with Crippen LogP contribution in [0.2, 0.25) is 0 Å². The van der Waals surface area contributed by atoms with Crippen molar-refractivity contribution in [3.8, 4) is 0 Å². The SMILES string of the molecule is N/C(=N\[N+](=O)O)N1CCOCC1. The van der Waals surface area contributed by atoms with Gasteiger partial charge in [-0.25, -0.2) is 5.21 Å². The number of guanidine groups is 1. The first-order chi connectivity index (χ1) is 5.70. The first-order valence-electron chi connectivity index (χ1n) is 3.53. The Morgan fingerprint density at radius 1 is 1.58 bits per heavy atom. The number of nitrogens with zero attached hydrogens (tertiary/aromatic N) is 3. The molecule has 3 N–H and O–H groups in total. The minimum absolute atomic E-state index is 0.0100. The standard InChI is InChI=1S/C5H11N4O3/c6-5(7-9(10)11)8-1-3-12-4-2-8/h1-4H2,(H2,6,7)(H,10,11)/q+1. The molecule has 1 saturated heterocycles. The van der Waals surface area contributed by atoms with E-state index in [1.807, 2.05) is 0 Å². The van der Waals surface area contributed by atoms with E-state index >= 15 is 0 Å². The average Bonchev–Trinajstić information content (AvgIpc) is 2.05. The van der Waals surface area contributed by atoms with Crippen molar-refractivity contribution in [1.29, 1.82) is 0 Å². The van der Waals surface area contributed by atoms with Gasteiger partial charge >= 0.3 is 5.03 Å². The normalized spacial score (nSPS) is 19.3. The van der Waals surface area contributed by atoms with E-state index in [1.54, 1.807) is 4.90 Å². The Balaban J connectivity index is 2.49. The summed E-state index contributed by atoms with van der Waals surface area (Å²) < 4.78 is 5.05. The molecule has 0 spiro atoms. The summed E-state index contributed by atoms with van der Waals surface area (Å²) >= 11 is 0. The lowest BCUT2D eigenvalue weighted by molar-refractivity contribution is -0.796. The minimum Gasteiger partial charge on any atom is -0.378 e. The van der Waals surface area contributed by atoms with E-state index in [4.69, 9.17) is 15.7 Å². The summed E-state index contributed by atoms with van der Waals surface area (Å²) in [7, 11) is 0. The van der Waals surface area contributed by atoms with Crippen molar-refractivity contribution in [1.82, 2.24) is 4.90 Å². The predicted octanol–water partition coefficient (Wildman–Crippen LogP) is -1.28. The average molecular weight is 175 g/mol. The lowest BCUT2D eigenvalue weighted by Crippen LogP contribution is -2.45. The third-order valence-corrected chi connectivity index (χ3v) is 1.52. The molecule has 1 fully saturated rings. The number of ether oxygens (including phenoxy) is 1. The smallest absolute Gasteiger partial charge is 0.378 e. The van der Waals surface area contributed by atoms with Gasteiger partial charge in [0.2, 0.25) is 0 Å². The molecule has 0 aromatic heterocycles. The van der Waals surface area contributed by atoms with Crippen LogP contribution >= 0.6 is 0 Å². The fourth-order valence-electron chi connectivity index (χ4n) is 0.943. The van der Waals surface area contributed by atoms with Gasteiger partial charge in [-0.15, -0.1) is 0 Å². The van der Waals surface area contributed by atoms with Crippen LogP contribution in [0.25, 0.3) is 0 Å². The highest BCUT2D eigenvalue weighted by atomic mass is 16.7. The van der Waals surface area contributed by atoms with Crippen LogP contribution in [0, 0.1) is 4.91 Å². The summed E-state index contributed by atoms with van der Waals surface area (Å²) in [6.07, 6.45) is 0. The molecule has 68 valence electrons. The van der Waals surface area contributed by atoms with Gasteiger partial charge in [0.1, 0.15) is 10.0 Å². The molecular formula is C5H11N4O3+. The van der Waals surface area contributed by atoms with Gasteiger partial charge in [0.15, 0.2) is 0 Å². The third kappa shape index (κ3) is 2.35. The van der Waals surface area contributed by atoms with Gasteiger partial charge in [-0.05, 0) is 0 Å². The highest BCUT2D eigenvalue weighted by Crippen LogP contribution is 1.95. The molecule has 0 aliphatic carbocycles. The highest BCUT2D eigenvalue weighted by Gasteiger charge is 2.16. The Bertz CT molecular complexity index is 199. The van der Waals surface area contributed by atoms with Gasteiger partial charge in [-0.2, -0.15) is 0 Å². The molecule has 0 radical (unpaired) electrons. The van der Waals surface area contributed by atoms with Crippen molar-refractivity contribution < 1.29 is 15.0 Å². The van der Waals surface area contributed by atoms with Crippen molar-refractivity contribution in [3.63, 3.8) is 0 Å². The first-order valence-corrected chi connectivity index (χ1v) is 3.53. The van der Waals surface area contributed by atoms with Gasteiger partial charge in [-0.1, -0.05) is 0 Å². The molecule has 0 atom stereocenters. The first kappa shape index (κ1) is 8.72. The van der Waals surface area contributed by atoms with Crippen molar-refractivity contribution >= 4 is 5.96 Å². The Kier molecular flexibility index (Phi) is 2.81. The molecule has 0 amide bonds. The van der Waals surface area contributed by atoms with E-state index in [1.165, 1.54) is 0 Å². The van der Waals surface area contributed by atoms with Crippen LogP contribution in [0.1, 0.15) is 0 Å². The molecule has 0 bridgehead atoms. The van der Waals surface area contributed by atoms with Crippen LogP contribution in [-0.4, -0.2) is 47.4 Å². The molecule has 1 heterocycles. The van der Waals surface area contributed by atoms with E-state index in [9.17, 15) is 4.91 Å². The van der Waals surface area contributed by atoms with Crippen molar-refractivity contribution in [2.45, 2.75) is 0 Å². The maximum atomic E-state index is 10.0. The number of hydrogen-bond acceptors (Lipinski definition) is 2. The molecule has 1 rings (SSSR count). The Hall–Kier alpha value is -1.37. The van der Waals surface area contributed by atoms with Crippen molar-refractivity contribution in [2.24, 2.45) is 10.8 Å². The number of hydrazone groups is 1. The van der Waals surface area contributed by atoms with E-state index < -0.39 is 5.03 Å². The topological polar surface area (TPSA) is 91.2 Å². The summed E-state index contributed by atoms with van der Waals surface area (Å²) in [5.41, 5.74) is 5.37. The Morgan fingerprint density at radius 3 is 2.67 bits per heavy atom. The second kappa shape index (κ2) is 3.86. The number of hydrogen-bond donors (Lipinski definition) is 2. The predicted molar refractivity (Wildman–Crippen MR) is 39.4 cm³/mol. The third-order valence-electron chi connectivity index (χ3n) is 1.52. The second-order valence-electron chi connectivity index (χ2n) is 2.31. The van der Waals surface area contributed by atoms with Gasteiger partial charge in [0.25, 0.3) is 5.96 Å². The minimum atomic E-state index is -0.551. The second-order valence-corrected chi connectivity index (χ2v) is 2.31. The summed E-state index contributed by atoms with van der Waals surface area (Å²) in [5, 5.41) is 10.8. The van der Waals surface area contributed by atoms with E-state index in [0.717, 1.165) is 0 Å². The summed E-state index contributed by atoms with van der Waals surface area (Å²) in [6, 6.07) is 0. The van der Waals surface area contributed by atoms with Gasteiger partial charge in [-0.3, -0.25) is 0 Å². The van der Waals surface area contributed by atoms with Gasteiger partial charge in [0, 0.05) is 13.1 Å². The molecule has 0 aromatic carbocycles. The monoisotopic (exact) mass is 175 g/mol. The van der Waals surface area contributed by atoms with Gasteiger partial charge in [0.05, 0.1) is 13.2 Å². The summed E-state index contributed by atoms with van der Waals surface area (Å²) in [4.78, 5) is 11.7. The number of morpholine rings is 1. The molecule has 0 aromatic rings.